The lowest BCUT2D eigenvalue weighted by Gasteiger charge is -2.28. The van der Waals surface area contributed by atoms with Crippen LogP contribution in [0.25, 0.3) is 5.57 Å². The highest BCUT2D eigenvalue weighted by molar-refractivity contribution is 5.84. The lowest BCUT2D eigenvalue weighted by Crippen LogP contribution is -2.41. The third kappa shape index (κ3) is 3.42. The molecule has 1 saturated heterocycles. The number of carbonyl (C=O) groups is 2. The maximum atomic E-state index is 13.0. The fourth-order valence-corrected chi connectivity index (χ4v) is 3.00. The minimum Gasteiger partial charge on any atom is -0.479 e. The Balaban J connectivity index is 1.61. The van der Waals surface area contributed by atoms with Crippen molar-refractivity contribution in [2.24, 2.45) is 0 Å². The van der Waals surface area contributed by atoms with E-state index in [4.69, 9.17) is 9.84 Å². The van der Waals surface area contributed by atoms with Crippen LogP contribution in [0, 0.1) is 5.82 Å². The Morgan fingerprint density at radius 1 is 1.17 bits per heavy atom. The maximum absolute atomic E-state index is 13.0. The van der Waals surface area contributed by atoms with Crippen molar-refractivity contribution in [3.05, 3.63) is 41.7 Å². The molecule has 2 aliphatic heterocycles. The first-order valence-corrected chi connectivity index (χ1v) is 7.66. The molecule has 1 aromatic rings. The number of carboxylic acids is 1. The first-order chi connectivity index (χ1) is 11.0. The van der Waals surface area contributed by atoms with Crippen molar-refractivity contribution in [1.82, 2.24) is 4.90 Å². The number of hydrogen-bond acceptors (Lipinski definition) is 3. The molecule has 3 rings (SSSR count). The molecule has 6 heteroatoms. The van der Waals surface area contributed by atoms with E-state index in [9.17, 15) is 14.0 Å². The highest BCUT2D eigenvalue weighted by atomic mass is 19.1. The average molecular weight is 319 g/mol. The molecule has 0 spiro atoms. The molecule has 0 saturated carbocycles. The van der Waals surface area contributed by atoms with Crippen LogP contribution in [-0.4, -0.2) is 47.2 Å². The Bertz CT molecular complexity index is 640. The summed E-state index contributed by atoms with van der Waals surface area (Å²) in [5, 5.41) is 8.92. The number of carboxylic acid groups (broad SMARTS) is 1. The second-order valence-corrected chi connectivity index (χ2v) is 5.80. The zero-order valence-corrected chi connectivity index (χ0v) is 12.6. The SMILES string of the molecule is O=C(O)[C@H]1CC[C@@H](C(=O)N2CC=C(c3ccc(F)cc3)CC2)O1. The van der Waals surface area contributed by atoms with E-state index in [0.29, 0.717) is 32.4 Å². The first-order valence-electron chi connectivity index (χ1n) is 7.66. The van der Waals surface area contributed by atoms with Crippen molar-refractivity contribution in [3.63, 3.8) is 0 Å². The van der Waals surface area contributed by atoms with Crippen molar-refractivity contribution >= 4 is 17.4 Å². The summed E-state index contributed by atoms with van der Waals surface area (Å²) < 4.78 is 18.3. The van der Waals surface area contributed by atoms with Crippen LogP contribution in [-0.2, 0) is 14.3 Å². The quantitative estimate of drug-likeness (QED) is 0.926. The van der Waals surface area contributed by atoms with Gasteiger partial charge in [-0.1, -0.05) is 18.2 Å². The van der Waals surface area contributed by atoms with Gasteiger partial charge in [0.05, 0.1) is 0 Å². The number of ether oxygens (including phenoxy) is 1. The topological polar surface area (TPSA) is 66.8 Å². The van der Waals surface area contributed by atoms with Gasteiger partial charge in [0.15, 0.2) is 6.10 Å². The normalized spacial score (nSPS) is 24.4. The standard InChI is InChI=1S/C17H18FNO4/c18-13-3-1-11(2-4-13)12-7-9-19(10-8-12)16(20)14-5-6-15(23-14)17(21)22/h1-4,7,14-15H,5-6,8-10H2,(H,21,22)/t14-,15+/m0/s1. The third-order valence-electron chi connectivity index (χ3n) is 4.31. The summed E-state index contributed by atoms with van der Waals surface area (Å²) in [5.74, 6) is -1.44. The molecule has 0 aromatic heterocycles. The number of amides is 1. The van der Waals surface area contributed by atoms with Crippen molar-refractivity contribution in [2.75, 3.05) is 13.1 Å². The van der Waals surface area contributed by atoms with E-state index in [1.807, 2.05) is 6.08 Å². The van der Waals surface area contributed by atoms with Crippen molar-refractivity contribution in [3.8, 4) is 0 Å². The molecule has 1 amide bonds. The van der Waals surface area contributed by atoms with Gasteiger partial charge in [-0.3, -0.25) is 4.79 Å². The summed E-state index contributed by atoms with van der Waals surface area (Å²) in [6.07, 6.45) is 1.93. The van der Waals surface area contributed by atoms with Crippen LogP contribution in [0.4, 0.5) is 4.39 Å². The minimum atomic E-state index is -1.02. The Labute approximate surface area is 133 Å². The Morgan fingerprint density at radius 3 is 2.43 bits per heavy atom. The highest BCUT2D eigenvalue weighted by Gasteiger charge is 2.37. The molecular weight excluding hydrogens is 301 g/mol. The van der Waals surface area contributed by atoms with E-state index < -0.39 is 18.2 Å². The molecule has 2 atom stereocenters. The van der Waals surface area contributed by atoms with Gasteiger partial charge in [0.1, 0.15) is 11.9 Å². The van der Waals surface area contributed by atoms with Crippen LogP contribution < -0.4 is 0 Å². The predicted molar refractivity (Wildman–Crippen MR) is 81.1 cm³/mol. The molecule has 1 aromatic carbocycles. The van der Waals surface area contributed by atoms with Gasteiger partial charge < -0.3 is 14.7 Å². The summed E-state index contributed by atoms with van der Waals surface area (Å²) in [5.41, 5.74) is 2.05. The van der Waals surface area contributed by atoms with E-state index in [-0.39, 0.29) is 11.7 Å². The number of halogens is 1. The molecule has 1 N–H and O–H groups in total. The summed E-state index contributed by atoms with van der Waals surface area (Å²) in [6.45, 7) is 1.02. The Hall–Kier alpha value is -2.21. The summed E-state index contributed by atoms with van der Waals surface area (Å²) >= 11 is 0. The fourth-order valence-electron chi connectivity index (χ4n) is 3.00. The summed E-state index contributed by atoms with van der Waals surface area (Å²) in [6, 6.07) is 6.31. The molecule has 0 radical (unpaired) electrons. The second-order valence-electron chi connectivity index (χ2n) is 5.80. The fraction of sp³-hybridized carbons (Fsp3) is 0.412. The molecule has 1 fully saturated rings. The van der Waals surface area contributed by atoms with Gasteiger partial charge in [-0.25, -0.2) is 9.18 Å². The number of rotatable bonds is 3. The van der Waals surface area contributed by atoms with Crippen LogP contribution in [0.1, 0.15) is 24.8 Å². The first kappa shape index (κ1) is 15.7. The summed E-state index contributed by atoms with van der Waals surface area (Å²) in [7, 11) is 0. The zero-order chi connectivity index (χ0) is 16.4. The number of carbonyl (C=O) groups excluding carboxylic acids is 1. The molecule has 5 nitrogen and oxygen atoms in total. The smallest absolute Gasteiger partial charge is 0.332 e. The molecule has 0 bridgehead atoms. The number of aliphatic carboxylic acids is 1. The molecule has 2 heterocycles. The van der Waals surface area contributed by atoms with Crippen molar-refractivity contribution < 1.29 is 23.8 Å². The monoisotopic (exact) mass is 319 g/mol. The molecular formula is C17H18FNO4. The minimum absolute atomic E-state index is 0.150. The van der Waals surface area contributed by atoms with Crippen LogP contribution >= 0.6 is 0 Å². The van der Waals surface area contributed by atoms with Gasteiger partial charge in [-0.15, -0.1) is 0 Å². The lowest BCUT2D eigenvalue weighted by atomic mass is 9.99. The van der Waals surface area contributed by atoms with Gasteiger partial charge in [-0.05, 0) is 42.5 Å². The zero-order valence-electron chi connectivity index (χ0n) is 12.6. The van der Waals surface area contributed by atoms with E-state index in [2.05, 4.69) is 0 Å². The Kier molecular flexibility index (Phi) is 4.43. The summed E-state index contributed by atoms with van der Waals surface area (Å²) in [4.78, 5) is 25.0. The lowest BCUT2D eigenvalue weighted by molar-refractivity contribution is -0.154. The van der Waals surface area contributed by atoms with Gasteiger partial charge in [0, 0.05) is 13.1 Å². The average Bonchev–Trinajstić information content (AvgIpc) is 3.05. The second kappa shape index (κ2) is 6.50. The van der Waals surface area contributed by atoms with Gasteiger partial charge >= 0.3 is 5.97 Å². The van der Waals surface area contributed by atoms with Crippen LogP contribution in [0.15, 0.2) is 30.3 Å². The molecule has 122 valence electrons. The predicted octanol–water partition coefficient (Wildman–Crippen LogP) is 2.07. The molecule has 0 aliphatic carbocycles. The van der Waals surface area contributed by atoms with E-state index >= 15 is 0 Å². The number of benzene rings is 1. The maximum Gasteiger partial charge on any atom is 0.332 e. The van der Waals surface area contributed by atoms with Crippen LogP contribution in [0.3, 0.4) is 0 Å². The van der Waals surface area contributed by atoms with E-state index in [1.54, 1.807) is 17.0 Å². The Morgan fingerprint density at radius 2 is 1.87 bits per heavy atom. The van der Waals surface area contributed by atoms with Crippen LogP contribution in [0.5, 0.6) is 0 Å². The van der Waals surface area contributed by atoms with Gasteiger partial charge in [0.25, 0.3) is 5.91 Å². The van der Waals surface area contributed by atoms with Crippen molar-refractivity contribution in [1.29, 1.82) is 0 Å². The third-order valence-corrected chi connectivity index (χ3v) is 4.31. The number of hydrogen-bond donors (Lipinski definition) is 1. The van der Waals surface area contributed by atoms with E-state index in [0.717, 1.165) is 11.1 Å². The van der Waals surface area contributed by atoms with Gasteiger partial charge in [-0.2, -0.15) is 0 Å². The largest absolute Gasteiger partial charge is 0.479 e. The number of nitrogens with zero attached hydrogens (tertiary/aromatic N) is 1. The molecule has 23 heavy (non-hydrogen) atoms. The van der Waals surface area contributed by atoms with Gasteiger partial charge in [0.2, 0.25) is 0 Å². The highest BCUT2D eigenvalue weighted by Crippen LogP contribution is 2.26. The van der Waals surface area contributed by atoms with Crippen LogP contribution in [0.2, 0.25) is 0 Å². The van der Waals surface area contributed by atoms with Crippen molar-refractivity contribution in [2.45, 2.75) is 31.5 Å². The molecule has 0 unspecified atom stereocenters. The van der Waals surface area contributed by atoms with E-state index in [1.165, 1.54) is 12.1 Å². The molecule has 2 aliphatic rings.